The van der Waals surface area contributed by atoms with Gasteiger partial charge in [-0.25, -0.2) is 0 Å². The van der Waals surface area contributed by atoms with Crippen molar-refractivity contribution in [1.82, 2.24) is 20.0 Å². The Morgan fingerprint density at radius 2 is 1.83 bits per heavy atom. The molecule has 0 unspecified atom stereocenters. The molecule has 1 aliphatic heterocycles. The fraction of sp³-hybridized carbons (Fsp3) is 0.579. The van der Waals surface area contributed by atoms with Gasteiger partial charge in [-0.2, -0.15) is 13.2 Å². The lowest BCUT2D eigenvalue weighted by atomic mass is 10.3. The van der Waals surface area contributed by atoms with E-state index in [0.29, 0.717) is 30.6 Å². The van der Waals surface area contributed by atoms with E-state index in [-0.39, 0.29) is 30.5 Å². The van der Waals surface area contributed by atoms with Crippen molar-refractivity contribution < 1.29 is 22.7 Å². The molecule has 1 N–H and O–H groups in total. The second-order valence-corrected chi connectivity index (χ2v) is 6.76. The van der Waals surface area contributed by atoms with Gasteiger partial charge in [-0.05, 0) is 12.1 Å². The Morgan fingerprint density at radius 1 is 1.20 bits per heavy atom. The minimum Gasteiger partial charge on any atom is -0.492 e. The maximum absolute atomic E-state index is 12.4. The van der Waals surface area contributed by atoms with Gasteiger partial charge in [-0.3, -0.25) is 14.7 Å². The fourth-order valence-electron chi connectivity index (χ4n) is 2.97. The molecular formula is C19H29F3IN5O2. The van der Waals surface area contributed by atoms with Crippen molar-refractivity contribution in [3.05, 3.63) is 30.3 Å². The maximum Gasteiger partial charge on any atom is 0.406 e. The van der Waals surface area contributed by atoms with E-state index >= 15 is 0 Å². The molecule has 1 fully saturated rings. The zero-order valence-corrected chi connectivity index (χ0v) is 19.5. The third kappa shape index (κ3) is 9.37. The second kappa shape index (κ2) is 12.8. The summed E-state index contributed by atoms with van der Waals surface area (Å²) in [5.41, 5.74) is 0. The van der Waals surface area contributed by atoms with E-state index in [9.17, 15) is 18.0 Å². The zero-order chi connectivity index (χ0) is 21.3. The van der Waals surface area contributed by atoms with Gasteiger partial charge in [-0.15, -0.1) is 24.0 Å². The number of aliphatic imine (C=N–C) groups is 1. The summed E-state index contributed by atoms with van der Waals surface area (Å²) < 4.78 is 42.9. The van der Waals surface area contributed by atoms with Crippen molar-refractivity contribution in [2.45, 2.75) is 6.18 Å². The normalized spacial score (nSPS) is 15.4. The molecule has 0 aromatic heterocycles. The lowest BCUT2D eigenvalue weighted by Crippen LogP contribution is -2.54. The number of nitrogens with one attached hydrogen (secondary N) is 1. The average Bonchev–Trinajstić information content (AvgIpc) is 2.69. The Labute approximate surface area is 192 Å². The van der Waals surface area contributed by atoms with E-state index in [1.807, 2.05) is 35.2 Å². The van der Waals surface area contributed by atoms with Crippen molar-refractivity contribution in [1.29, 1.82) is 0 Å². The first-order valence-corrected chi connectivity index (χ1v) is 9.45. The van der Waals surface area contributed by atoms with Crippen LogP contribution in [-0.4, -0.2) is 99.3 Å². The predicted molar refractivity (Wildman–Crippen MR) is 120 cm³/mol. The van der Waals surface area contributed by atoms with Crippen molar-refractivity contribution >= 4 is 35.8 Å². The van der Waals surface area contributed by atoms with Gasteiger partial charge in [-0.1, -0.05) is 18.2 Å². The summed E-state index contributed by atoms with van der Waals surface area (Å²) in [7, 11) is 2.73. The van der Waals surface area contributed by atoms with E-state index in [4.69, 9.17) is 4.74 Å². The largest absolute Gasteiger partial charge is 0.492 e. The smallest absolute Gasteiger partial charge is 0.406 e. The molecule has 0 bridgehead atoms. The number of guanidine groups is 1. The van der Waals surface area contributed by atoms with Crippen LogP contribution in [-0.2, 0) is 4.79 Å². The molecule has 7 nitrogen and oxygen atoms in total. The number of carbonyl (C=O) groups is 1. The summed E-state index contributed by atoms with van der Waals surface area (Å²) in [6.07, 6.45) is -4.41. The first-order valence-electron chi connectivity index (χ1n) is 9.45. The van der Waals surface area contributed by atoms with Crippen molar-refractivity contribution in [2.24, 2.45) is 4.99 Å². The Bertz CT molecular complexity index is 668. The quantitative estimate of drug-likeness (QED) is 0.324. The molecule has 1 heterocycles. The molecule has 1 aromatic rings. The van der Waals surface area contributed by atoms with Gasteiger partial charge in [0.05, 0.1) is 6.54 Å². The highest BCUT2D eigenvalue weighted by molar-refractivity contribution is 14.0. The van der Waals surface area contributed by atoms with Gasteiger partial charge in [0, 0.05) is 46.8 Å². The second-order valence-electron chi connectivity index (χ2n) is 6.76. The van der Waals surface area contributed by atoms with Crippen LogP contribution in [0.25, 0.3) is 0 Å². The van der Waals surface area contributed by atoms with Crippen molar-refractivity contribution in [3.8, 4) is 5.75 Å². The molecule has 11 heteroatoms. The molecule has 1 aliphatic rings. The summed E-state index contributed by atoms with van der Waals surface area (Å²) in [6, 6.07) is 9.63. The average molecular weight is 543 g/mol. The lowest BCUT2D eigenvalue weighted by molar-refractivity contribution is -0.157. The van der Waals surface area contributed by atoms with Crippen LogP contribution in [0.5, 0.6) is 5.75 Å². The molecule has 30 heavy (non-hydrogen) atoms. The topological polar surface area (TPSA) is 60.4 Å². The monoisotopic (exact) mass is 543 g/mol. The number of amides is 1. The SMILES string of the molecule is CN=C(NCC(=O)N(C)CC(F)(F)F)N1CCN(CCOc2ccccc2)CC1.I. The van der Waals surface area contributed by atoms with Crippen LogP contribution < -0.4 is 10.1 Å². The number of alkyl halides is 3. The molecule has 0 radical (unpaired) electrons. The van der Waals surface area contributed by atoms with Gasteiger partial charge in [0.1, 0.15) is 18.9 Å². The first-order chi connectivity index (χ1) is 13.8. The van der Waals surface area contributed by atoms with Crippen LogP contribution in [0.2, 0.25) is 0 Å². The van der Waals surface area contributed by atoms with Crippen LogP contribution in [0.1, 0.15) is 0 Å². The minimum atomic E-state index is -4.41. The Kier molecular flexibility index (Phi) is 11.2. The van der Waals surface area contributed by atoms with E-state index in [1.54, 1.807) is 7.05 Å². The minimum absolute atomic E-state index is 0. The van der Waals surface area contributed by atoms with Crippen LogP contribution in [0.15, 0.2) is 35.3 Å². The lowest BCUT2D eigenvalue weighted by Gasteiger charge is -2.36. The Morgan fingerprint density at radius 3 is 2.40 bits per heavy atom. The van der Waals surface area contributed by atoms with Gasteiger partial charge in [0.25, 0.3) is 0 Å². The molecule has 0 saturated carbocycles. The number of piperazine rings is 1. The molecule has 2 rings (SSSR count). The van der Waals surface area contributed by atoms with E-state index < -0.39 is 18.6 Å². The fourth-order valence-corrected chi connectivity index (χ4v) is 2.97. The van der Waals surface area contributed by atoms with Gasteiger partial charge in [0.15, 0.2) is 5.96 Å². The standard InChI is InChI=1S/C19H28F3N5O2.HI/c1-23-18(24-14-17(28)25(2)15-19(20,21)22)27-10-8-26(9-11-27)12-13-29-16-6-4-3-5-7-16;/h3-7H,8-15H2,1-2H3,(H,23,24);1H. The molecule has 1 saturated heterocycles. The van der Waals surface area contributed by atoms with Crippen LogP contribution in [0.3, 0.4) is 0 Å². The van der Waals surface area contributed by atoms with E-state index in [2.05, 4.69) is 15.2 Å². The summed E-state index contributed by atoms with van der Waals surface area (Å²) >= 11 is 0. The third-order valence-electron chi connectivity index (χ3n) is 4.54. The summed E-state index contributed by atoms with van der Waals surface area (Å²) in [4.78, 5) is 20.9. The predicted octanol–water partition coefficient (Wildman–Crippen LogP) is 1.90. The summed E-state index contributed by atoms with van der Waals surface area (Å²) in [5.74, 6) is 0.718. The number of para-hydroxylation sites is 1. The van der Waals surface area contributed by atoms with Crippen LogP contribution >= 0.6 is 24.0 Å². The number of carbonyl (C=O) groups excluding carboxylic acids is 1. The Balaban J connectivity index is 0.00000450. The van der Waals surface area contributed by atoms with E-state index in [1.165, 1.54) is 0 Å². The first kappa shape index (κ1) is 26.3. The van der Waals surface area contributed by atoms with Gasteiger partial charge >= 0.3 is 6.18 Å². The maximum atomic E-state index is 12.4. The number of benzene rings is 1. The highest BCUT2D eigenvalue weighted by atomic mass is 127. The molecule has 0 spiro atoms. The molecule has 1 amide bonds. The number of hydrogen-bond donors (Lipinski definition) is 1. The van der Waals surface area contributed by atoms with Crippen LogP contribution in [0.4, 0.5) is 13.2 Å². The number of ether oxygens (including phenoxy) is 1. The number of halogens is 4. The molecule has 170 valence electrons. The number of rotatable bonds is 7. The Hall–Kier alpha value is -1.76. The number of nitrogens with zero attached hydrogens (tertiary/aromatic N) is 4. The van der Waals surface area contributed by atoms with E-state index in [0.717, 1.165) is 32.4 Å². The van der Waals surface area contributed by atoms with Crippen molar-refractivity contribution in [3.63, 3.8) is 0 Å². The zero-order valence-electron chi connectivity index (χ0n) is 17.2. The van der Waals surface area contributed by atoms with Gasteiger partial charge in [0.2, 0.25) is 5.91 Å². The molecule has 0 atom stereocenters. The van der Waals surface area contributed by atoms with Crippen LogP contribution in [0, 0.1) is 0 Å². The number of likely N-dealkylation sites (N-methyl/N-ethyl adjacent to an activating group) is 1. The molecular weight excluding hydrogens is 514 g/mol. The summed E-state index contributed by atoms with van der Waals surface area (Å²) in [6.45, 7) is 2.92. The molecule has 1 aromatic carbocycles. The van der Waals surface area contributed by atoms with Gasteiger partial charge < -0.3 is 19.9 Å². The molecule has 0 aliphatic carbocycles. The highest BCUT2D eigenvalue weighted by Gasteiger charge is 2.31. The highest BCUT2D eigenvalue weighted by Crippen LogP contribution is 2.15. The summed E-state index contributed by atoms with van der Waals surface area (Å²) in [5, 5.41) is 2.86. The third-order valence-corrected chi connectivity index (χ3v) is 4.54. The number of hydrogen-bond acceptors (Lipinski definition) is 4. The van der Waals surface area contributed by atoms with Crippen molar-refractivity contribution in [2.75, 3.05) is 66.5 Å².